The number of ether oxygens (including phenoxy) is 1. The lowest BCUT2D eigenvalue weighted by molar-refractivity contribution is -0.125. The minimum absolute atomic E-state index is 0.0421. The van der Waals surface area contributed by atoms with Gasteiger partial charge in [0, 0.05) is 19.7 Å². The molecule has 0 aliphatic carbocycles. The highest BCUT2D eigenvalue weighted by atomic mass is 16.5. The van der Waals surface area contributed by atoms with Gasteiger partial charge in [0.1, 0.15) is 6.10 Å². The average Bonchev–Trinajstić information content (AvgIpc) is 2.42. The van der Waals surface area contributed by atoms with Crippen molar-refractivity contribution in [2.45, 2.75) is 51.7 Å². The second-order valence-electron chi connectivity index (χ2n) is 5.18. The zero-order valence-corrected chi connectivity index (χ0v) is 12.7. The van der Waals surface area contributed by atoms with Crippen LogP contribution in [-0.2, 0) is 9.53 Å². The Kier molecular flexibility index (Phi) is 11.7. The number of carbonyl (C=O) groups excluding carboxylic acids is 1. The van der Waals surface area contributed by atoms with Crippen LogP contribution in [0.5, 0.6) is 0 Å². The van der Waals surface area contributed by atoms with Gasteiger partial charge in [-0.2, -0.15) is 0 Å². The number of amides is 1. The van der Waals surface area contributed by atoms with E-state index in [2.05, 4.69) is 19.2 Å². The first-order valence-electron chi connectivity index (χ1n) is 7.45. The van der Waals surface area contributed by atoms with Crippen LogP contribution in [0.3, 0.4) is 0 Å². The van der Waals surface area contributed by atoms with E-state index in [0.717, 1.165) is 12.8 Å². The number of nitrogens with two attached hydrogens (primary N) is 1. The molecule has 0 aliphatic heterocycles. The van der Waals surface area contributed by atoms with Crippen molar-refractivity contribution < 1.29 is 19.7 Å². The molecule has 0 saturated heterocycles. The van der Waals surface area contributed by atoms with Gasteiger partial charge in [-0.25, -0.2) is 0 Å². The van der Waals surface area contributed by atoms with Crippen LogP contribution in [0.4, 0.5) is 0 Å². The van der Waals surface area contributed by atoms with E-state index in [1.165, 1.54) is 12.8 Å². The second kappa shape index (κ2) is 12.1. The molecule has 5 N–H and O–H groups in total. The van der Waals surface area contributed by atoms with Crippen LogP contribution in [0.15, 0.2) is 0 Å². The lowest BCUT2D eigenvalue weighted by Crippen LogP contribution is -2.41. The molecule has 120 valence electrons. The number of aliphatic hydroxyl groups excluding tert-OH is 2. The van der Waals surface area contributed by atoms with Crippen LogP contribution in [0.1, 0.15) is 39.5 Å². The smallest absolute Gasteiger partial charge is 0.247 e. The van der Waals surface area contributed by atoms with E-state index in [-0.39, 0.29) is 19.7 Å². The van der Waals surface area contributed by atoms with Gasteiger partial charge in [-0.05, 0) is 12.3 Å². The standard InChI is InChI=1S/C14H30N2O4/c1-3-5-6-11(4-2)9-20-10-12(17)7-16-8-13(18)14(15)19/h11-13,16-18H,3-10H2,1-2H3,(H2,15,19). The van der Waals surface area contributed by atoms with E-state index < -0.39 is 18.1 Å². The predicted octanol–water partition coefficient (Wildman–Crippen LogP) is 0.0161. The molecule has 0 aromatic rings. The first-order chi connectivity index (χ1) is 9.51. The van der Waals surface area contributed by atoms with E-state index in [1.54, 1.807) is 0 Å². The van der Waals surface area contributed by atoms with E-state index >= 15 is 0 Å². The van der Waals surface area contributed by atoms with E-state index in [9.17, 15) is 9.90 Å². The lowest BCUT2D eigenvalue weighted by atomic mass is 10.0. The Morgan fingerprint density at radius 3 is 2.50 bits per heavy atom. The molecule has 0 saturated carbocycles. The average molecular weight is 290 g/mol. The summed E-state index contributed by atoms with van der Waals surface area (Å²) in [5.74, 6) is -0.225. The first-order valence-corrected chi connectivity index (χ1v) is 7.45. The summed E-state index contributed by atoms with van der Waals surface area (Å²) >= 11 is 0. The van der Waals surface area contributed by atoms with Gasteiger partial charge in [0.05, 0.1) is 12.7 Å². The fourth-order valence-corrected chi connectivity index (χ4v) is 1.82. The largest absolute Gasteiger partial charge is 0.389 e. The lowest BCUT2D eigenvalue weighted by Gasteiger charge is -2.17. The van der Waals surface area contributed by atoms with Crippen molar-refractivity contribution in [2.24, 2.45) is 11.7 Å². The molecule has 0 spiro atoms. The molecule has 0 aliphatic rings. The fourth-order valence-electron chi connectivity index (χ4n) is 1.82. The highest BCUT2D eigenvalue weighted by Gasteiger charge is 2.12. The maximum atomic E-state index is 10.6. The Hall–Kier alpha value is -0.690. The Morgan fingerprint density at radius 2 is 1.95 bits per heavy atom. The van der Waals surface area contributed by atoms with Crippen LogP contribution in [0.2, 0.25) is 0 Å². The SMILES string of the molecule is CCCCC(CC)COCC(O)CNCC(O)C(N)=O. The van der Waals surface area contributed by atoms with Crippen molar-refractivity contribution in [3.05, 3.63) is 0 Å². The molecule has 3 atom stereocenters. The number of rotatable bonds is 13. The summed E-state index contributed by atoms with van der Waals surface area (Å²) in [6, 6.07) is 0. The van der Waals surface area contributed by atoms with Crippen molar-refractivity contribution in [1.29, 1.82) is 0 Å². The predicted molar refractivity (Wildman–Crippen MR) is 78.2 cm³/mol. The summed E-state index contributed by atoms with van der Waals surface area (Å²) in [5.41, 5.74) is 4.91. The highest BCUT2D eigenvalue weighted by Crippen LogP contribution is 2.12. The molecule has 0 radical (unpaired) electrons. The molecule has 0 aromatic heterocycles. The van der Waals surface area contributed by atoms with E-state index in [0.29, 0.717) is 12.5 Å². The Morgan fingerprint density at radius 1 is 1.25 bits per heavy atom. The summed E-state index contributed by atoms with van der Waals surface area (Å²) in [4.78, 5) is 10.6. The van der Waals surface area contributed by atoms with Crippen LogP contribution >= 0.6 is 0 Å². The molecule has 6 nitrogen and oxygen atoms in total. The van der Waals surface area contributed by atoms with Gasteiger partial charge in [-0.3, -0.25) is 4.79 Å². The topological polar surface area (TPSA) is 105 Å². The molecule has 6 heteroatoms. The Bertz CT molecular complexity index is 251. The second-order valence-corrected chi connectivity index (χ2v) is 5.18. The molecule has 0 rings (SSSR count). The summed E-state index contributed by atoms with van der Waals surface area (Å²) in [6.45, 7) is 5.53. The molecular formula is C14H30N2O4. The van der Waals surface area contributed by atoms with Crippen molar-refractivity contribution in [3.63, 3.8) is 0 Å². The van der Waals surface area contributed by atoms with Crippen molar-refractivity contribution in [3.8, 4) is 0 Å². The van der Waals surface area contributed by atoms with Gasteiger partial charge >= 0.3 is 0 Å². The van der Waals surface area contributed by atoms with E-state index in [4.69, 9.17) is 15.6 Å². The minimum Gasteiger partial charge on any atom is -0.389 e. The van der Waals surface area contributed by atoms with Crippen molar-refractivity contribution in [1.82, 2.24) is 5.32 Å². The summed E-state index contributed by atoms with van der Waals surface area (Å²) in [5, 5.41) is 21.6. The third-order valence-corrected chi connectivity index (χ3v) is 3.25. The fraction of sp³-hybridized carbons (Fsp3) is 0.929. The zero-order chi connectivity index (χ0) is 15.4. The molecule has 0 bridgehead atoms. The minimum atomic E-state index is -1.22. The van der Waals surface area contributed by atoms with Gasteiger partial charge in [0.15, 0.2) is 0 Å². The van der Waals surface area contributed by atoms with Gasteiger partial charge in [0.2, 0.25) is 5.91 Å². The summed E-state index contributed by atoms with van der Waals surface area (Å²) < 4.78 is 5.51. The number of hydrogen-bond donors (Lipinski definition) is 4. The van der Waals surface area contributed by atoms with Crippen LogP contribution < -0.4 is 11.1 Å². The van der Waals surface area contributed by atoms with Crippen molar-refractivity contribution in [2.75, 3.05) is 26.3 Å². The van der Waals surface area contributed by atoms with Crippen LogP contribution in [0.25, 0.3) is 0 Å². The number of carbonyl (C=O) groups is 1. The van der Waals surface area contributed by atoms with E-state index in [1.807, 2.05) is 0 Å². The summed E-state index contributed by atoms with van der Waals surface area (Å²) in [7, 11) is 0. The van der Waals surface area contributed by atoms with Crippen molar-refractivity contribution >= 4 is 5.91 Å². The highest BCUT2D eigenvalue weighted by molar-refractivity contribution is 5.78. The van der Waals surface area contributed by atoms with Crippen LogP contribution in [0, 0.1) is 5.92 Å². The summed E-state index contributed by atoms with van der Waals surface area (Å²) in [6.07, 6.45) is 2.76. The number of unbranched alkanes of at least 4 members (excludes halogenated alkanes) is 1. The molecule has 1 amide bonds. The normalized spacial score (nSPS) is 15.8. The number of hydrogen-bond acceptors (Lipinski definition) is 5. The molecule has 0 heterocycles. The monoisotopic (exact) mass is 290 g/mol. The number of primary amides is 1. The Balaban J connectivity index is 3.61. The Labute approximate surface area is 121 Å². The molecular weight excluding hydrogens is 260 g/mol. The molecule has 20 heavy (non-hydrogen) atoms. The molecule has 0 fully saturated rings. The maximum Gasteiger partial charge on any atom is 0.247 e. The maximum absolute atomic E-state index is 10.6. The first kappa shape index (κ1) is 19.3. The molecule has 3 unspecified atom stereocenters. The van der Waals surface area contributed by atoms with Gasteiger partial charge in [-0.1, -0.05) is 33.1 Å². The van der Waals surface area contributed by atoms with Gasteiger partial charge < -0.3 is 26.0 Å². The third kappa shape index (κ3) is 10.1. The van der Waals surface area contributed by atoms with Gasteiger partial charge in [0.25, 0.3) is 0 Å². The zero-order valence-electron chi connectivity index (χ0n) is 12.7. The number of aliphatic hydroxyl groups is 2. The third-order valence-electron chi connectivity index (χ3n) is 3.25. The quantitative estimate of drug-likeness (QED) is 0.383. The van der Waals surface area contributed by atoms with Crippen LogP contribution in [-0.4, -0.2) is 54.6 Å². The number of nitrogens with one attached hydrogen (secondary N) is 1. The van der Waals surface area contributed by atoms with Gasteiger partial charge in [-0.15, -0.1) is 0 Å². The molecule has 0 aromatic carbocycles.